The summed E-state index contributed by atoms with van der Waals surface area (Å²) in [6.45, 7) is 4.88. The number of carbonyl (C=O) groups excluding carboxylic acids is 1. The van der Waals surface area contributed by atoms with Gasteiger partial charge in [-0.05, 0) is 44.6 Å². The van der Waals surface area contributed by atoms with Crippen molar-refractivity contribution in [1.29, 1.82) is 0 Å². The van der Waals surface area contributed by atoms with Gasteiger partial charge in [0.15, 0.2) is 6.10 Å². The van der Waals surface area contributed by atoms with Crippen LogP contribution in [0.1, 0.15) is 174 Å². The van der Waals surface area contributed by atoms with Crippen molar-refractivity contribution >= 4 is 13.8 Å². The van der Waals surface area contributed by atoms with Crippen molar-refractivity contribution in [3.05, 3.63) is 24.5 Å². The smallest absolute Gasteiger partial charge is 0.472 e. The third kappa shape index (κ3) is 37.9. The van der Waals surface area contributed by atoms with Crippen LogP contribution in [-0.4, -0.2) is 69.0 Å². The summed E-state index contributed by atoms with van der Waals surface area (Å²) in [5, 5.41) is 0. The summed E-state index contributed by atoms with van der Waals surface area (Å²) in [6, 6.07) is 0. The monoisotopic (exact) mass is 717 g/mol. The van der Waals surface area contributed by atoms with Crippen LogP contribution in [0, 0.1) is 0 Å². The molecule has 0 aliphatic heterocycles. The predicted molar refractivity (Wildman–Crippen MR) is 206 cm³/mol. The van der Waals surface area contributed by atoms with E-state index in [0.29, 0.717) is 17.4 Å². The summed E-state index contributed by atoms with van der Waals surface area (Å²) < 4.78 is 34.6. The van der Waals surface area contributed by atoms with Crippen molar-refractivity contribution in [1.82, 2.24) is 0 Å². The van der Waals surface area contributed by atoms with Gasteiger partial charge in [0.25, 0.3) is 0 Å². The van der Waals surface area contributed by atoms with Crippen LogP contribution in [0.3, 0.4) is 0 Å². The molecule has 0 aromatic rings. The Morgan fingerprint density at radius 2 is 1.10 bits per heavy atom. The van der Waals surface area contributed by atoms with Crippen molar-refractivity contribution in [3.63, 3.8) is 0 Å². The number of unbranched alkanes of at least 4 members (excludes halogenated alkanes) is 21. The molecule has 0 aromatic carbocycles. The van der Waals surface area contributed by atoms with E-state index in [9.17, 15) is 14.3 Å². The minimum atomic E-state index is -4.28. The first-order chi connectivity index (χ1) is 23.6. The van der Waals surface area contributed by atoms with E-state index in [4.69, 9.17) is 18.5 Å². The van der Waals surface area contributed by atoms with E-state index >= 15 is 0 Å². The molecule has 1 unspecified atom stereocenters. The Hall–Kier alpha value is -1.18. The Kier molecular flexibility index (Phi) is 33.1. The average Bonchev–Trinajstić information content (AvgIpc) is 3.04. The fraction of sp³-hybridized carbons (Fsp3) is 0.875. The van der Waals surface area contributed by atoms with Gasteiger partial charge in [-0.1, -0.05) is 142 Å². The van der Waals surface area contributed by atoms with Gasteiger partial charge in [-0.15, -0.1) is 0 Å². The second-order valence-electron chi connectivity index (χ2n) is 14.7. The maximum Gasteiger partial charge on any atom is 0.472 e. The average molecular weight is 717 g/mol. The van der Waals surface area contributed by atoms with Gasteiger partial charge < -0.3 is 18.9 Å². The van der Waals surface area contributed by atoms with Crippen LogP contribution in [-0.2, 0) is 27.9 Å². The first-order valence-electron chi connectivity index (χ1n) is 20.1. The van der Waals surface area contributed by atoms with Gasteiger partial charge in [0, 0.05) is 6.42 Å². The highest BCUT2D eigenvalue weighted by Crippen LogP contribution is 2.43. The molecule has 290 valence electrons. The zero-order chi connectivity index (χ0) is 36.3. The van der Waals surface area contributed by atoms with Crippen LogP contribution >= 0.6 is 7.82 Å². The summed E-state index contributed by atoms with van der Waals surface area (Å²) in [4.78, 5) is 22.7. The minimum Gasteiger partial charge on any atom is -0.498 e. The van der Waals surface area contributed by atoms with Crippen LogP contribution in [0.4, 0.5) is 0 Å². The highest BCUT2D eigenvalue weighted by molar-refractivity contribution is 7.47. The lowest BCUT2D eigenvalue weighted by Crippen LogP contribution is -2.37. The molecule has 0 radical (unpaired) electrons. The minimum absolute atomic E-state index is 0.0473. The molecular weight excluding hydrogens is 637 g/mol. The Morgan fingerprint density at radius 3 is 1.63 bits per heavy atom. The Bertz CT molecular complexity index is 843. The quantitative estimate of drug-likeness (QED) is 0.0171. The van der Waals surface area contributed by atoms with Gasteiger partial charge in [-0.25, -0.2) is 4.57 Å². The number of hydrogen-bond donors (Lipinski definition) is 1. The SMILES string of the molecule is CCCC/C=C\CCCCCCCC(=O)O[C@H](CO/C=C\CCCCCCCCCCCCCCCC)COP(=O)(O)OCC[N+](C)(C)C. The number of nitrogens with zero attached hydrogens (tertiary/aromatic N) is 1. The highest BCUT2D eigenvalue weighted by atomic mass is 31.2. The third-order valence-electron chi connectivity index (χ3n) is 8.58. The molecule has 0 fully saturated rings. The number of phosphoric acid groups is 1. The fourth-order valence-electron chi connectivity index (χ4n) is 5.38. The molecule has 9 heteroatoms. The Morgan fingerprint density at radius 1 is 0.633 bits per heavy atom. The second kappa shape index (κ2) is 33.9. The highest BCUT2D eigenvalue weighted by Gasteiger charge is 2.26. The lowest BCUT2D eigenvalue weighted by atomic mass is 10.0. The zero-order valence-electron chi connectivity index (χ0n) is 32.7. The molecule has 0 spiro atoms. The number of allylic oxidation sites excluding steroid dienone is 3. The van der Waals surface area contributed by atoms with Crippen molar-refractivity contribution in [2.24, 2.45) is 0 Å². The molecule has 1 N–H and O–H groups in total. The molecule has 2 atom stereocenters. The molecule has 0 amide bonds. The van der Waals surface area contributed by atoms with Gasteiger partial charge >= 0.3 is 13.8 Å². The molecule has 0 saturated carbocycles. The van der Waals surface area contributed by atoms with Crippen molar-refractivity contribution in [2.75, 3.05) is 47.5 Å². The van der Waals surface area contributed by atoms with Crippen LogP contribution in [0.5, 0.6) is 0 Å². The van der Waals surface area contributed by atoms with E-state index in [1.807, 2.05) is 27.2 Å². The van der Waals surface area contributed by atoms with Gasteiger partial charge in [0.05, 0.1) is 34.0 Å². The summed E-state index contributed by atoms with van der Waals surface area (Å²) in [5.41, 5.74) is 0. The van der Waals surface area contributed by atoms with Crippen molar-refractivity contribution in [2.45, 2.75) is 180 Å². The molecule has 0 rings (SSSR count). The predicted octanol–water partition coefficient (Wildman–Crippen LogP) is 11.6. The Labute approximate surface area is 303 Å². The molecule has 0 heterocycles. The fourth-order valence-corrected chi connectivity index (χ4v) is 6.12. The number of carbonyl (C=O) groups is 1. The molecule has 8 nitrogen and oxygen atoms in total. The second-order valence-corrected chi connectivity index (χ2v) is 16.2. The van der Waals surface area contributed by atoms with Crippen molar-refractivity contribution in [3.8, 4) is 0 Å². The molecule has 49 heavy (non-hydrogen) atoms. The largest absolute Gasteiger partial charge is 0.498 e. The molecule has 0 bridgehead atoms. The third-order valence-corrected chi connectivity index (χ3v) is 9.56. The lowest BCUT2D eigenvalue weighted by Gasteiger charge is -2.24. The van der Waals surface area contributed by atoms with Gasteiger partial charge in [0.2, 0.25) is 0 Å². The van der Waals surface area contributed by atoms with E-state index in [-0.39, 0.29) is 25.8 Å². The maximum absolute atomic E-state index is 12.6. The number of esters is 1. The first-order valence-corrected chi connectivity index (χ1v) is 21.6. The maximum atomic E-state index is 12.6. The first kappa shape index (κ1) is 47.8. The van der Waals surface area contributed by atoms with E-state index in [1.165, 1.54) is 109 Å². The number of rotatable bonds is 37. The summed E-state index contributed by atoms with van der Waals surface area (Å²) >= 11 is 0. The van der Waals surface area contributed by atoms with Gasteiger partial charge in [-0.3, -0.25) is 13.8 Å². The lowest BCUT2D eigenvalue weighted by molar-refractivity contribution is -0.870. The van der Waals surface area contributed by atoms with E-state index in [2.05, 4.69) is 26.0 Å². The Balaban J connectivity index is 4.31. The van der Waals surface area contributed by atoms with E-state index < -0.39 is 13.9 Å². The summed E-state index contributed by atoms with van der Waals surface area (Å²) in [7, 11) is 1.63. The molecular formula is C40H79NO7P+. The number of quaternary nitrogens is 1. The van der Waals surface area contributed by atoms with Gasteiger partial charge in [-0.2, -0.15) is 0 Å². The number of phosphoric ester groups is 1. The molecule has 0 saturated heterocycles. The van der Waals surface area contributed by atoms with Gasteiger partial charge in [0.1, 0.15) is 19.8 Å². The molecule has 0 aliphatic carbocycles. The van der Waals surface area contributed by atoms with Crippen LogP contribution < -0.4 is 0 Å². The van der Waals surface area contributed by atoms with Crippen LogP contribution in [0.2, 0.25) is 0 Å². The number of hydrogen-bond acceptors (Lipinski definition) is 6. The van der Waals surface area contributed by atoms with Crippen LogP contribution in [0.15, 0.2) is 24.5 Å². The summed E-state index contributed by atoms with van der Waals surface area (Å²) in [5.74, 6) is -0.346. The normalized spacial score (nSPS) is 14.1. The zero-order valence-corrected chi connectivity index (χ0v) is 33.6. The molecule has 0 aromatic heterocycles. The van der Waals surface area contributed by atoms with E-state index in [0.717, 1.165) is 44.9 Å². The summed E-state index contributed by atoms with van der Waals surface area (Å²) in [6.07, 6.45) is 37.3. The molecule has 0 aliphatic rings. The van der Waals surface area contributed by atoms with Crippen LogP contribution in [0.25, 0.3) is 0 Å². The van der Waals surface area contributed by atoms with E-state index in [1.54, 1.807) is 6.26 Å². The van der Waals surface area contributed by atoms with Crippen molar-refractivity contribution < 1.29 is 37.3 Å². The standard InChI is InChI=1S/C40H78NO7P/c1-6-8-10-12-14-16-18-19-20-21-22-24-26-28-30-32-35-45-37-39(38-47-49(43,44)46-36-34-41(3,4)5)48-40(42)33-31-29-27-25-23-17-15-13-11-9-7-2/h13,15,32,35,39H,6-12,14,16-31,33-34,36-38H2,1-5H3/p+1/b15-13-,35-32-/t39-/m1/s1. The number of likely N-dealkylation sites (N-methyl/N-ethyl adjacent to an activating group) is 1. The number of ether oxygens (including phenoxy) is 2. The topological polar surface area (TPSA) is 91.3 Å².